The highest BCUT2D eigenvalue weighted by Gasteiger charge is 2.20. The molecule has 1 aromatic heterocycles. The van der Waals surface area contributed by atoms with Gasteiger partial charge in [-0.15, -0.1) is 11.3 Å². The Morgan fingerprint density at radius 2 is 1.96 bits per heavy atom. The average Bonchev–Trinajstić information content (AvgIpc) is 3.12. The normalized spacial score (nSPS) is 12.4. The fraction of sp³-hybridized carbons (Fsp3) is 0.333. The third-order valence-corrected chi connectivity index (χ3v) is 6.56. The molecule has 1 heterocycles. The number of hydrogen-bond acceptors (Lipinski definition) is 6. The van der Waals surface area contributed by atoms with Crippen LogP contribution in [0.5, 0.6) is 0 Å². The third-order valence-electron chi connectivity index (χ3n) is 3.70. The van der Waals surface area contributed by atoms with Crippen molar-refractivity contribution < 1.29 is 22.7 Å². The molecule has 27 heavy (non-hydrogen) atoms. The Hall–Kier alpha value is -2.23. The molecule has 0 bridgehead atoms. The standard InChI is InChI=1S/C18H22N2O5S2/c1-12-6-7-15(13(2)11-12)20-18(22)14(3)25-16(21)8-9-19-27(23,24)17-5-4-10-26-17/h4-7,10-11,14,19H,8-9H2,1-3H3,(H,20,22)/t14-/m1/s1. The summed E-state index contributed by atoms with van der Waals surface area (Å²) in [6.07, 6.45) is -1.17. The molecule has 0 fully saturated rings. The summed E-state index contributed by atoms with van der Waals surface area (Å²) in [6.45, 7) is 5.19. The van der Waals surface area contributed by atoms with Gasteiger partial charge in [-0.2, -0.15) is 0 Å². The first-order valence-corrected chi connectivity index (χ1v) is 10.7. The summed E-state index contributed by atoms with van der Waals surface area (Å²) in [5.41, 5.74) is 2.64. The molecule has 0 aliphatic carbocycles. The van der Waals surface area contributed by atoms with E-state index in [0.29, 0.717) is 5.69 Å². The Kier molecular flexibility index (Phi) is 7.11. The second kappa shape index (κ2) is 9.12. The smallest absolute Gasteiger partial charge is 0.307 e. The van der Waals surface area contributed by atoms with E-state index in [9.17, 15) is 18.0 Å². The summed E-state index contributed by atoms with van der Waals surface area (Å²) in [4.78, 5) is 24.0. The SMILES string of the molecule is Cc1ccc(NC(=O)[C@@H](C)OC(=O)CCNS(=O)(=O)c2cccs2)c(C)c1. The maximum absolute atomic E-state index is 12.2. The highest BCUT2D eigenvalue weighted by atomic mass is 32.2. The summed E-state index contributed by atoms with van der Waals surface area (Å²) in [7, 11) is -3.62. The number of ether oxygens (including phenoxy) is 1. The van der Waals surface area contributed by atoms with Gasteiger partial charge in [0.05, 0.1) is 6.42 Å². The second-order valence-corrected chi connectivity index (χ2v) is 8.96. The van der Waals surface area contributed by atoms with Gasteiger partial charge in [0.25, 0.3) is 5.91 Å². The van der Waals surface area contributed by atoms with Crippen LogP contribution >= 0.6 is 11.3 Å². The lowest BCUT2D eigenvalue weighted by atomic mass is 10.1. The lowest BCUT2D eigenvalue weighted by molar-refractivity contribution is -0.152. The number of rotatable bonds is 8. The molecule has 7 nitrogen and oxygen atoms in total. The lowest BCUT2D eigenvalue weighted by Gasteiger charge is -2.15. The van der Waals surface area contributed by atoms with E-state index in [2.05, 4.69) is 10.0 Å². The van der Waals surface area contributed by atoms with Gasteiger partial charge >= 0.3 is 5.97 Å². The molecule has 1 aromatic carbocycles. The molecule has 2 N–H and O–H groups in total. The quantitative estimate of drug-likeness (QED) is 0.652. The second-order valence-electron chi connectivity index (χ2n) is 6.02. The maximum Gasteiger partial charge on any atom is 0.307 e. The predicted molar refractivity (Wildman–Crippen MR) is 104 cm³/mol. The van der Waals surface area contributed by atoms with Crippen molar-refractivity contribution in [1.29, 1.82) is 0 Å². The van der Waals surface area contributed by atoms with Crippen LogP contribution in [0.25, 0.3) is 0 Å². The zero-order chi connectivity index (χ0) is 20.0. The number of nitrogens with one attached hydrogen (secondary N) is 2. The van der Waals surface area contributed by atoms with Gasteiger partial charge in [0.15, 0.2) is 6.10 Å². The van der Waals surface area contributed by atoms with Gasteiger partial charge < -0.3 is 10.1 Å². The maximum atomic E-state index is 12.2. The molecule has 0 aliphatic rings. The van der Waals surface area contributed by atoms with Gasteiger partial charge in [-0.05, 0) is 43.8 Å². The Bertz CT molecular complexity index is 908. The number of hydrogen-bond donors (Lipinski definition) is 2. The van der Waals surface area contributed by atoms with Crippen molar-refractivity contribution in [2.45, 2.75) is 37.5 Å². The van der Waals surface area contributed by atoms with Gasteiger partial charge in [-0.25, -0.2) is 13.1 Å². The molecule has 0 unspecified atom stereocenters. The third kappa shape index (κ3) is 6.16. The number of thiophene rings is 1. The molecular weight excluding hydrogens is 388 g/mol. The summed E-state index contributed by atoms with van der Waals surface area (Å²) >= 11 is 1.09. The molecule has 0 radical (unpaired) electrons. The first-order valence-electron chi connectivity index (χ1n) is 8.30. The van der Waals surface area contributed by atoms with Crippen molar-refractivity contribution in [2.75, 3.05) is 11.9 Å². The van der Waals surface area contributed by atoms with E-state index in [1.165, 1.54) is 13.0 Å². The Morgan fingerprint density at radius 3 is 2.59 bits per heavy atom. The van der Waals surface area contributed by atoms with Crippen LogP contribution in [0.2, 0.25) is 0 Å². The monoisotopic (exact) mass is 410 g/mol. The molecule has 0 spiro atoms. The fourth-order valence-corrected chi connectivity index (χ4v) is 4.34. The molecule has 1 atom stereocenters. The number of aryl methyl sites for hydroxylation is 2. The molecular formula is C18H22N2O5S2. The predicted octanol–water partition coefficient (Wildman–Crippen LogP) is 2.60. The number of sulfonamides is 1. The molecule has 0 saturated carbocycles. The van der Waals surface area contributed by atoms with Crippen molar-refractivity contribution in [3.8, 4) is 0 Å². The van der Waals surface area contributed by atoms with Crippen LogP contribution in [-0.2, 0) is 24.3 Å². The van der Waals surface area contributed by atoms with Crippen LogP contribution in [0.3, 0.4) is 0 Å². The van der Waals surface area contributed by atoms with E-state index in [1.807, 2.05) is 26.0 Å². The molecule has 1 amide bonds. The van der Waals surface area contributed by atoms with Crippen molar-refractivity contribution in [3.05, 3.63) is 46.8 Å². The Labute approximate surface area is 162 Å². The molecule has 0 saturated heterocycles. The summed E-state index contributed by atoms with van der Waals surface area (Å²) in [5.74, 6) is -1.11. The van der Waals surface area contributed by atoms with Crippen molar-refractivity contribution in [2.24, 2.45) is 0 Å². The molecule has 2 rings (SSSR count). The largest absolute Gasteiger partial charge is 0.452 e. The Morgan fingerprint density at radius 1 is 1.22 bits per heavy atom. The van der Waals surface area contributed by atoms with Crippen molar-refractivity contribution in [1.82, 2.24) is 4.72 Å². The van der Waals surface area contributed by atoms with E-state index in [0.717, 1.165) is 22.5 Å². The van der Waals surface area contributed by atoms with E-state index < -0.39 is 28.0 Å². The van der Waals surface area contributed by atoms with Gasteiger partial charge in [0, 0.05) is 12.2 Å². The number of benzene rings is 1. The lowest BCUT2D eigenvalue weighted by Crippen LogP contribution is -2.32. The molecule has 0 aliphatic heterocycles. The van der Waals surface area contributed by atoms with Gasteiger partial charge in [-0.1, -0.05) is 23.8 Å². The summed E-state index contributed by atoms with van der Waals surface area (Å²) in [5, 5.41) is 4.37. The topological polar surface area (TPSA) is 102 Å². The number of carbonyl (C=O) groups is 2. The van der Waals surface area contributed by atoms with Crippen LogP contribution in [0.1, 0.15) is 24.5 Å². The van der Waals surface area contributed by atoms with Gasteiger partial charge in [0.2, 0.25) is 10.0 Å². The van der Waals surface area contributed by atoms with Crippen LogP contribution in [0.4, 0.5) is 5.69 Å². The minimum atomic E-state index is -3.62. The first kappa shape index (κ1) is 21.1. The zero-order valence-corrected chi connectivity index (χ0v) is 16.9. The summed E-state index contributed by atoms with van der Waals surface area (Å²) < 4.78 is 31.5. The van der Waals surface area contributed by atoms with E-state index >= 15 is 0 Å². The Balaban J connectivity index is 1.80. The van der Waals surface area contributed by atoms with Crippen molar-refractivity contribution >= 4 is 38.9 Å². The van der Waals surface area contributed by atoms with Crippen LogP contribution in [0, 0.1) is 13.8 Å². The van der Waals surface area contributed by atoms with E-state index in [4.69, 9.17) is 4.74 Å². The molecule has 2 aromatic rings. The van der Waals surface area contributed by atoms with E-state index in [-0.39, 0.29) is 17.2 Å². The van der Waals surface area contributed by atoms with Gasteiger partial charge in [-0.3, -0.25) is 9.59 Å². The average molecular weight is 411 g/mol. The number of carbonyl (C=O) groups excluding carboxylic acids is 2. The highest BCUT2D eigenvalue weighted by Crippen LogP contribution is 2.17. The number of esters is 1. The van der Waals surface area contributed by atoms with Crippen LogP contribution < -0.4 is 10.0 Å². The minimum Gasteiger partial charge on any atom is -0.452 e. The fourth-order valence-electron chi connectivity index (χ4n) is 2.27. The van der Waals surface area contributed by atoms with Crippen LogP contribution in [0.15, 0.2) is 39.9 Å². The highest BCUT2D eigenvalue weighted by molar-refractivity contribution is 7.91. The van der Waals surface area contributed by atoms with Gasteiger partial charge in [0.1, 0.15) is 4.21 Å². The zero-order valence-electron chi connectivity index (χ0n) is 15.3. The summed E-state index contributed by atoms with van der Waals surface area (Å²) in [6, 6.07) is 8.70. The number of amides is 1. The molecule has 146 valence electrons. The van der Waals surface area contributed by atoms with E-state index in [1.54, 1.807) is 17.5 Å². The van der Waals surface area contributed by atoms with Crippen molar-refractivity contribution in [3.63, 3.8) is 0 Å². The molecule has 9 heteroatoms. The number of anilines is 1. The minimum absolute atomic E-state index is 0.107. The first-order chi connectivity index (χ1) is 12.7. The van der Waals surface area contributed by atoms with Crippen LogP contribution in [-0.4, -0.2) is 32.9 Å².